The van der Waals surface area contributed by atoms with Crippen molar-refractivity contribution in [3.8, 4) is 0 Å². The molecule has 0 fully saturated rings. The van der Waals surface area contributed by atoms with E-state index in [1.165, 1.54) is 19.1 Å². The van der Waals surface area contributed by atoms with Gasteiger partial charge < -0.3 is 15.7 Å². The highest BCUT2D eigenvalue weighted by atomic mass is 32.2. The summed E-state index contributed by atoms with van der Waals surface area (Å²) in [4.78, 5) is 43.9. The van der Waals surface area contributed by atoms with E-state index in [4.69, 9.17) is 5.11 Å². The first kappa shape index (κ1) is 27.5. The molecule has 0 aliphatic carbocycles. The average Bonchev–Trinajstić information content (AvgIpc) is 3.23. The SMILES string of the molecule is CC(=O)Nc1nc(CCc2ccc(N=CNC(=O)O)cc2)c(C(=O)NCc2ccc(S(C)(=O)=O)cc2)s1. The molecule has 0 aliphatic rings. The van der Waals surface area contributed by atoms with Crippen LogP contribution in [-0.2, 0) is 34.0 Å². The Morgan fingerprint density at radius 3 is 2.27 bits per heavy atom. The van der Waals surface area contributed by atoms with Gasteiger partial charge in [-0.2, -0.15) is 0 Å². The van der Waals surface area contributed by atoms with Gasteiger partial charge in [-0.3, -0.25) is 14.9 Å². The van der Waals surface area contributed by atoms with Crippen molar-refractivity contribution in [1.29, 1.82) is 0 Å². The van der Waals surface area contributed by atoms with Gasteiger partial charge in [-0.05, 0) is 48.2 Å². The molecule has 2 aromatic carbocycles. The van der Waals surface area contributed by atoms with Crippen molar-refractivity contribution in [3.63, 3.8) is 0 Å². The largest absolute Gasteiger partial charge is 0.465 e. The van der Waals surface area contributed by atoms with Crippen LogP contribution in [0.1, 0.15) is 33.4 Å². The number of anilines is 1. The van der Waals surface area contributed by atoms with Crippen LogP contribution >= 0.6 is 11.3 Å². The minimum Gasteiger partial charge on any atom is -0.465 e. The molecule has 0 radical (unpaired) electrons. The maximum absolute atomic E-state index is 13.0. The summed E-state index contributed by atoms with van der Waals surface area (Å²) in [7, 11) is -3.31. The van der Waals surface area contributed by atoms with Crippen molar-refractivity contribution in [2.75, 3.05) is 11.6 Å². The second-order valence-corrected chi connectivity index (χ2v) is 11.0. The van der Waals surface area contributed by atoms with Gasteiger partial charge in [0.05, 0.1) is 22.6 Å². The predicted octanol–water partition coefficient (Wildman–Crippen LogP) is 3.15. The van der Waals surface area contributed by atoms with Gasteiger partial charge in [-0.1, -0.05) is 35.6 Å². The molecule has 1 aromatic heterocycles. The average molecular weight is 544 g/mol. The summed E-state index contributed by atoms with van der Waals surface area (Å²) in [6.07, 6.45) is 2.01. The Labute approximate surface area is 217 Å². The van der Waals surface area contributed by atoms with Crippen LogP contribution in [0.3, 0.4) is 0 Å². The maximum Gasteiger partial charge on any atom is 0.409 e. The first-order valence-corrected chi connectivity index (χ1v) is 13.7. The van der Waals surface area contributed by atoms with E-state index in [9.17, 15) is 22.8 Å². The van der Waals surface area contributed by atoms with Crippen LogP contribution in [0.5, 0.6) is 0 Å². The van der Waals surface area contributed by atoms with Crippen LogP contribution < -0.4 is 16.0 Å². The van der Waals surface area contributed by atoms with Crippen LogP contribution in [0.15, 0.2) is 58.4 Å². The number of sulfone groups is 1. The lowest BCUT2D eigenvalue weighted by molar-refractivity contribution is -0.114. The minimum absolute atomic E-state index is 0.189. The van der Waals surface area contributed by atoms with Crippen molar-refractivity contribution in [2.24, 2.45) is 4.99 Å². The van der Waals surface area contributed by atoms with Crippen LogP contribution in [-0.4, -0.2) is 49.0 Å². The molecule has 3 aromatic rings. The zero-order valence-electron chi connectivity index (χ0n) is 20.0. The molecule has 0 unspecified atom stereocenters. The van der Waals surface area contributed by atoms with Crippen molar-refractivity contribution < 1.29 is 27.9 Å². The normalized spacial score (nSPS) is 11.3. The number of benzene rings is 2. The number of rotatable bonds is 10. The Morgan fingerprint density at radius 1 is 1.03 bits per heavy atom. The smallest absolute Gasteiger partial charge is 0.409 e. The van der Waals surface area contributed by atoms with Crippen LogP contribution in [0.4, 0.5) is 15.6 Å². The number of aromatic nitrogens is 1. The monoisotopic (exact) mass is 543 g/mol. The fraction of sp³-hybridized carbons (Fsp3) is 0.208. The Morgan fingerprint density at radius 2 is 1.68 bits per heavy atom. The number of nitrogens with one attached hydrogen (secondary N) is 3. The third kappa shape index (κ3) is 8.51. The molecule has 0 saturated carbocycles. The summed E-state index contributed by atoms with van der Waals surface area (Å²) in [6, 6.07) is 13.4. The molecule has 37 heavy (non-hydrogen) atoms. The molecule has 4 N–H and O–H groups in total. The highest BCUT2D eigenvalue weighted by molar-refractivity contribution is 7.90. The molecule has 0 bridgehead atoms. The van der Waals surface area contributed by atoms with Gasteiger partial charge >= 0.3 is 6.09 Å². The summed E-state index contributed by atoms with van der Waals surface area (Å²) < 4.78 is 23.2. The van der Waals surface area contributed by atoms with E-state index in [0.717, 1.165) is 35.1 Å². The van der Waals surface area contributed by atoms with Gasteiger partial charge in [0.1, 0.15) is 4.88 Å². The fourth-order valence-electron chi connectivity index (χ4n) is 3.19. The second-order valence-electron chi connectivity index (χ2n) is 7.95. The highest BCUT2D eigenvalue weighted by Crippen LogP contribution is 2.25. The molecular formula is C24H25N5O6S2. The summed E-state index contributed by atoms with van der Waals surface area (Å²) >= 11 is 1.08. The van der Waals surface area contributed by atoms with Gasteiger partial charge in [0.15, 0.2) is 15.0 Å². The second kappa shape index (κ2) is 12.2. The van der Waals surface area contributed by atoms with Gasteiger partial charge in [0.25, 0.3) is 5.91 Å². The lowest BCUT2D eigenvalue weighted by Crippen LogP contribution is -2.23. The van der Waals surface area contributed by atoms with E-state index in [1.54, 1.807) is 24.3 Å². The number of nitrogens with zero attached hydrogens (tertiary/aromatic N) is 2. The Balaban J connectivity index is 1.68. The van der Waals surface area contributed by atoms with Crippen LogP contribution in [0.25, 0.3) is 0 Å². The number of carbonyl (C=O) groups is 3. The van der Waals surface area contributed by atoms with Crippen molar-refractivity contribution in [3.05, 3.63) is 70.2 Å². The van der Waals surface area contributed by atoms with E-state index < -0.39 is 15.9 Å². The number of hydrogen-bond donors (Lipinski definition) is 4. The number of thiazole rings is 1. The molecule has 0 atom stereocenters. The summed E-state index contributed by atoms with van der Waals surface area (Å²) in [5.74, 6) is -0.654. The number of carbonyl (C=O) groups excluding carboxylic acids is 2. The highest BCUT2D eigenvalue weighted by Gasteiger charge is 2.19. The summed E-state index contributed by atoms with van der Waals surface area (Å²) in [6.45, 7) is 1.55. The predicted molar refractivity (Wildman–Crippen MR) is 140 cm³/mol. The molecule has 13 heteroatoms. The first-order chi connectivity index (χ1) is 17.5. The number of aryl methyl sites for hydroxylation is 2. The molecule has 11 nitrogen and oxygen atoms in total. The van der Waals surface area contributed by atoms with E-state index in [0.29, 0.717) is 34.2 Å². The third-order valence-corrected chi connectivity index (χ3v) is 7.12. The van der Waals surface area contributed by atoms with E-state index in [-0.39, 0.29) is 23.3 Å². The number of carboxylic acid groups (broad SMARTS) is 1. The van der Waals surface area contributed by atoms with E-state index >= 15 is 0 Å². The van der Waals surface area contributed by atoms with Crippen molar-refractivity contribution in [1.82, 2.24) is 15.6 Å². The molecule has 3 amide bonds. The quantitative estimate of drug-likeness (QED) is 0.225. The van der Waals surface area contributed by atoms with E-state index in [2.05, 4.69) is 20.6 Å². The molecule has 0 saturated heterocycles. The Bertz CT molecular complexity index is 1410. The van der Waals surface area contributed by atoms with E-state index in [1.807, 2.05) is 17.4 Å². The van der Waals surface area contributed by atoms with Gasteiger partial charge in [-0.15, -0.1) is 0 Å². The van der Waals surface area contributed by atoms with Gasteiger partial charge in [-0.25, -0.2) is 23.2 Å². The topological polar surface area (TPSA) is 167 Å². The van der Waals surface area contributed by atoms with Crippen LogP contribution in [0.2, 0.25) is 0 Å². The molecular weight excluding hydrogens is 518 g/mol. The zero-order chi connectivity index (χ0) is 27.0. The Hall–Kier alpha value is -4.10. The number of aliphatic imine (C=N–C) groups is 1. The summed E-state index contributed by atoms with van der Waals surface area (Å²) in [5, 5.41) is 16.4. The zero-order valence-corrected chi connectivity index (χ0v) is 21.6. The lowest BCUT2D eigenvalue weighted by atomic mass is 10.1. The van der Waals surface area contributed by atoms with Gasteiger partial charge in [0, 0.05) is 19.7 Å². The van der Waals surface area contributed by atoms with Crippen molar-refractivity contribution >= 4 is 56.2 Å². The lowest BCUT2D eigenvalue weighted by Gasteiger charge is -2.07. The Kier molecular flexibility index (Phi) is 9.09. The number of hydrogen-bond acceptors (Lipinski definition) is 8. The summed E-state index contributed by atoms with van der Waals surface area (Å²) in [5.41, 5.74) is 2.79. The van der Waals surface area contributed by atoms with Crippen LogP contribution in [0, 0.1) is 0 Å². The van der Waals surface area contributed by atoms with Crippen molar-refractivity contribution in [2.45, 2.75) is 31.2 Å². The molecule has 0 spiro atoms. The number of amides is 3. The maximum atomic E-state index is 13.0. The molecule has 1 heterocycles. The van der Waals surface area contributed by atoms with Gasteiger partial charge in [0.2, 0.25) is 5.91 Å². The molecule has 0 aliphatic heterocycles. The standard InChI is InChI=1S/C24H25N5O6S2/c1-15(30)28-23-29-20(12-7-16-3-8-18(9-4-16)26-14-27-24(32)33)21(36-23)22(31)25-13-17-5-10-19(11-6-17)37(2,34)35/h3-6,8-11,14H,7,12-13H2,1-2H3,(H,25,31)(H,26,27)(H,32,33)(H,28,29,30). The third-order valence-electron chi connectivity index (χ3n) is 4.98. The first-order valence-electron chi connectivity index (χ1n) is 11.0. The molecule has 3 rings (SSSR count). The molecule has 194 valence electrons. The minimum atomic E-state index is -3.31. The fourth-order valence-corrected chi connectivity index (χ4v) is 4.80.